The molecule has 2 aliphatic carbocycles. The lowest BCUT2D eigenvalue weighted by atomic mass is 9.77. The monoisotopic (exact) mass is 338 g/mol. The predicted octanol–water partition coefficient (Wildman–Crippen LogP) is 5.85. The Hall–Kier alpha value is -1.46. The zero-order valence-corrected chi connectivity index (χ0v) is 16.5. The van der Waals surface area contributed by atoms with Gasteiger partial charge in [0, 0.05) is 11.5 Å². The standard InChI is InChI=1S/C22H30OSi/c1-17(23-24(2,3)4)10-14-21-19-12-13-20(16-19)22(21)15-11-18-8-6-5-7-9-18/h5-10,19-22H,12-14,16H2,1-4H3/b17-10+/t19-,20+,21+,22-/m1/s1. The average molecular weight is 339 g/mol. The molecule has 1 aromatic carbocycles. The average Bonchev–Trinajstić information content (AvgIpc) is 3.11. The molecule has 0 spiro atoms. The van der Waals surface area contributed by atoms with E-state index in [-0.39, 0.29) is 0 Å². The van der Waals surface area contributed by atoms with Crippen LogP contribution in [0, 0.1) is 35.5 Å². The van der Waals surface area contributed by atoms with Crippen molar-refractivity contribution < 1.29 is 4.43 Å². The van der Waals surface area contributed by atoms with Crippen molar-refractivity contribution in [1.29, 1.82) is 0 Å². The molecule has 0 heterocycles. The molecule has 0 N–H and O–H groups in total. The SMILES string of the molecule is C/C(=C\C[C@H]1[C@@H]2CC[C@@H](C2)[C@H]1C#Cc1ccccc1)O[Si](C)(C)C. The minimum atomic E-state index is -1.49. The van der Waals surface area contributed by atoms with Crippen molar-refractivity contribution in [3.8, 4) is 11.8 Å². The largest absolute Gasteiger partial charge is 0.548 e. The Balaban J connectivity index is 1.69. The van der Waals surface area contributed by atoms with Crippen LogP contribution in [-0.2, 0) is 4.43 Å². The molecule has 24 heavy (non-hydrogen) atoms. The molecular weight excluding hydrogens is 308 g/mol. The molecule has 1 aromatic rings. The second-order valence-electron chi connectivity index (χ2n) is 8.42. The molecule has 2 fully saturated rings. The van der Waals surface area contributed by atoms with Gasteiger partial charge in [0.25, 0.3) is 0 Å². The fraction of sp³-hybridized carbons (Fsp3) is 0.545. The van der Waals surface area contributed by atoms with E-state index < -0.39 is 8.32 Å². The molecule has 2 heteroatoms. The highest BCUT2D eigenvalue weighted by Gasteiger charge is 2.46. The molecular formula is C22H30OSi. The summed E-state index contributed by atoms with van der Waals surface area (Å²) in [6.45, 7) is 8.86. The Morgan fingerprint density at radius 3 is 2.58 bits per heavy atom. The van der Waals surface area contributed by atoms with E-state index in [1.165, 1.54) is 19.3 Å². The van der Waals surface area contributed by atoms with Crippen LogP contribution in [0.5, 0.6) is 0 Å². The van der Waals surface area contributed by atoms with Crippen LogP contribution in [0.3, 0.4) is 0 Å². The van der Waals surface area contributed by atoms with Crippen molar-refractivity contribution in [2.75, 3.05) is 0 Å². The van der Waals surface area contributed by atoms with Gasteiger partial charge in [-0.25, -0.2) is 0 Å². The Bertz CT molecular complexity index is 644. The molecule has 3 rings (SSSR count). The van der Waals surface area contributed by atoms with Gasteiger partial charge < -0.3 is 4.43 Å². The molecule has 4 atom stereocenters. The Labute approximate surface area is 148 Å². The molecule has 0 saturated heterocycles. The highest BCUT2D eigenvalue weighted by atomic mass is 28.4. The fourth-order valence-corrected chi connectivity index (χ4v) is 5.54. The number of rotatable bonds is 4. The molecule has 2 aliphatic rings. The Kier molecular flexibility index (Phi) is 5.20. The second kappa shape index (κ2) is 7.19. The van der Waals surface area contributed by atoms with Crippen LogP contribution in [0.15, 0.2) is 42.2 Å². The molecule has 0 unspecified atom stereocenters. The van der Waals surface area contributed by atoms with Crippen molar-refractivity contribution in [1.82, 2.24) is 0 Å². The van der Waals surface area contributed by atoms with Crippen LogP contribution in [0.1, 0.15) is 38.2 Å². The molecule has 128 valence electrons. The normalized spacial score (nSPS) is 29.2. The lowest BCUT2D eigenvalue weighted by Gasteiger charge is -2.27. The van der Waals surface area contributed by atoms with Gasteiger partial charge in [-0.3, -0.25) is 0 Å². The Morgan fingerprint density at radius 1 is 1.17 bits per heavy atom. The lowest BCUT2D eigenvalue weighted by Crippen LogP contribution is -2.24. The quantitative estimate of drug-likeness (QED) is 0.380. The molecule has 2 saturated carbocycles. The summed E-state index contributed by atoms with van der Waals surface area (Å²) in [5, 5.41) is 0. The molecule has 2 bridgehead atoms. The maximum absolute atomic E-state index is 6.11. The second-order valence-corrected chi connectivity index (χ2v) is 12.9. The molecule has 0 aliphatic heterocycles. The van der Waals surface area contributed by atoms with E-state index in [1.54, 1.807) is 0 Å². The minimum Gasteiger partial charge on any atom is -0.548 e. The third-order valence-corrected chi connectivity index (χ3v) is 6.32. The van der Waals surface area contributed by atoms with E-state index in [9.17, 15) is 0 Å². The van der Waals surface area contributed by atoms with Crippen molar-refractivity contribution >= 4 is 8.32 Å². The van der Waals surface area contributed by atoms with Crippen molar-refractivity contribution in [2.24, 2.45) is 23.7 Å². The summed E-state index contributed by atoms with van der Waals surface area (Å²) < 4.78 is 6.11. The van der Waals surface area contributed by atoms with Crippen molar-refractivity contribution in [3.63, 3.8) is 0 Å². The highest BCUT2D eigenvalue weighted by Crippen LogP contribution is 2.53. The summed E-state index contributed by atoms with van der Waals surface area (Å²) in [6, 6.07) is 10.4. The first-order valence-electron chi connectivity index (χ1n) is 9.35. The molecule has 0 amide bonds. The van der Waals surface area contributed by atoms with E-state index in [2.05, 4.69) is 74.8 Å². The van der Waals surface area contributed by atoms with Gasteiger partial charge >= 0.3 is 0 Å². The Morgan fingerprint density at radius 2 is 1.88 bits per heavy atom. The minimum absolute atomic E-state index is 0.569. The van der Waals surface area contributed by atoms with Crippen LogP contribution in [0.2, 0.25) is 19.6 Å². The third kappa shape index (κ3) is 4.33. The van der Waals surface area contributed by atoms with Crippen LogP contribution < -0.4 is 0 Å². The third-order valence-electron chi connectivity index (χ3n) is 5.39. The van der Waals surface area contributed by atoms with Crippen LogP contribution in [0.4, 0.5) is 0 Å². The summed E-state index contributed by atoms with van der Waals surface area (Å²) in [5.41, 5.74) is 1.15. The number of benzene rings is 1. The zero-order valence-electron chi connectivity index (χ0n) is 15.5. The number of hydrogen-bond donors (Lipinski definition) is 0. The van der Waals surface area contributed by atoms with Crippen molar-refractivity contribution in [3.05, 3.63) is 47.7 Å². The summed E-state index contributed by atoms with van der Waals surface area (Å²) >= 11 is 0. The summed E-state index contributed by atoms with van der Waals surface area (Å²) in [7, 11) is -1.49. The summed E-state index contributed by atoms with van der Waals surface area (Å²) in [5.74, 6) is 11.2. The molecule has 1 nitrogen and oxygen atoms in total. The van der Waals surface area contributed by atoms with Gasteiger partial charge in [0.2, 0.25) is 8.32 Å². The number of fused-ring (bicyclic) bond motifs is 2. The number of allylic oxidation sites excluding steroid dienone is 2. The van der Waals surface area contributed by atoms with Gasteiger partial charge in [0.15, 0.2) is 0 Å². The maximum atomic E-state index is 6.11. The summed E-state index contributed by atoms with van der Waals surface area (Å²) in [6.07, 6.45) is 7.64. The van der Waals surface area contributed by atoms with Gasteiger partial charge in [-0.1, -0.05) is 30.0 Å². The van der Waals surface area contributed by atoms with Gasteiger partial charge in [-0.05, 0) is 88.2 Å². The van der Waals surface area contributed by atoms with Gasteiger partial charge in [-0.2, -0.15) is 0 Å². The lowest BCUT2D eigenvalue weighted by molar-refractivity contribution is 0.274. The highest BCUT2D eigenvalue weighted by molar-refractivity contribution is 6.70. The van der Waals surface area contributed by atoms with E-state index in [0.717, 1.165) is 35.5 Å². The van der Waals surface area contributed by atoms with Crippen molar-refractivity contribution in [2.45, 2.75) is 52.2 Å². The van der Waals surface area contributed by atoms with Gasteiger partial charge in [0.05, 0.1) is 5.76 Å². The fourth-order valence-electron chi connectivity index (χ4n) is 4.49. The molecule has 0 radical (unpaired) electrons. The first-order chi connectivity index (χ1) is 11.4. The van der Waals surface area contributed by atoms with E-state index in [0.29, 0.717) is 5.92 Å². The van der Waals surface area contributed by atoms with E-state index in [1.807, 2.05) is 0 Å². The first-order valence-corrected chi connectivity index (χ1v) is 12.8. The van der Waals surface area contributed by atoms with Crippen LogP contribution in [0.25, 0.3) is 0 Å². The topological polar surface area (TPSA) is 9.23 Å². The first kappa shape index (κ1) is 17.4. The smallest absolute Gasteiger partial charge is 0.241 e. The number of hydrogen-bond acceptors (Lipinski definition) is 1. The van der Waals surface area contributed by atoms with Crippen LogP contribution in [-0.4, -0.2) is 8.32 Å². The van der Waals surface area contributed by atoms with E-state index >= 15 is 0 Å². The zero-order chi connectivity index (χ0) is 17.2. The predicted molar refractivity (Wildman–Crippen MR) is 104 cm³/mol. The maximum Gasteiger partial charge on any atom is 0.241 e. The van der Waals surface area contributed by atoms with Crippen LogP contribution >= 0.6 is 0 Å². The van der Waals surface area contributed by atoms with E-state index in [4.69, 9.17) is 4.43 Å². The molecule has 0 aromatic heterocycles. The van der Waals surface area contributed by atoms with Gasteiger partial charge in [-0.15, -0.1) is 0 Å². The van der Waals surface area contributed by atoms with Gasteiger partial charge in [0.1, 0.15) is 0 Å². The summed E-state index contributed by atoms with van der Waals surface area (Å²) in [4.78, 5) is 0.